The van der Waals surface area contributed by atoms with Gasteiger partial charge in [0.2, 0.25) is 4.96 Å². The molecule has 0 amide bonds. The van der Waals surface area contributed by atoms with Crippen LogP contribution in [0.1, 0.15) is 38.4 Å². The van der Waals surface area contributed by atoms with Crippen LogP contribution in [0.25, 0.3) is 33.7 Å². The molecule has 6 nitrogen and oxygen atoms in total. The summed E-state index contributed by atoms with van der Waals surface area (Å²) in [4.78, 5) is 18.0. The van der Waals surface area contributed by atoms with E-state index in [4.69, 9.17) is 20.8 Å². The number of hydrogen-bond acceptors (Lipinski definition) is 6. The zero-order valence-electron chi connectivity index (χ0n) is 19.2. The Labute approximate surface area is 211 Å². The van der Waals surface area contributed by atoms with Crippen molar-refractivity contribution in [1.29, 1.82) is 0 Å². The molecule has 0 fully saturated rings. The molecule has 0 atom stereocenters. The van der Waals surface area contributed by atoms with Crippen molar-refractivity contribution < 1.29 is 9.15 Å². The van der Waals surface area contributed by atoms with E-state index >= 15 is 0 Å². The van der Waals surface area contributed by atoms with Crippen molar-refractivity contribution in [2.24, 2.45) is 0 Å². The number of fused-ring (bicyclic) bond motifs is 1. The summed E-state index contributed by atoms with van der Waals surface area (Å²) in [5.41, 5.74) is 1.41. The van der Waals surface area contributed by atoms with Crippen LogP contribution in [0, 0.1) is 0 Å². The van der Waals surface area contributed by atoms with Crippen molar-refractivity contribution in [2.75, 3.05) is 6.61 Å². The summed E-state index contributed by atoms with van der Waals surface area (Å²) in [6.07, 6.45) is 6.39. The first kappa shape index (κ1) is 23.3. The van der Waals surface area contributed by atoms with Crippen molar-refractivity contribution in [3.63, 3.8) is 0 Å². The molecule has 0 bridgehead atoms. The van der Waals surface area contributed by atoms with Gasteiger partial charge in [-0.05, 0) is 55.0 Å². The highest BCUT2D eigenvalue weighted by molar-refractivity contribution is 7.15. The lowest BCUT2D eigenvalue weighted by Crippen LogP contribution is -2.23. The number of benzene rings is 2. The normalized spacial score (nSPS) is 12.0. The molecule has 5 rings (SSSR count). The van der Waals surface area contributed by atoms with E-state index in [-0.39, 0.29) is 5.56 Å². The van der Waals surface area contributed by atoms with E-state index in [1.807, 2.05) is 60.7 Å². The third kappa shape index (κ3) is 5.16. The molecule has 0 aliphatic carbocycles. The molecule has 0 aliphatic rings. The fraction of sp³-hybridized carbons (Fsp3) is 0.222. The Morgan fingerprint density at radius 2 is 1.89 bits per heavy atom. The monoisotopic (exact) mass is 505 g/mol. The third-order valence-electron chi connectivity index (χ3n) is 5.60. The Balaban J connectivity index is 1.33. The Hall–Kier alpha value is -3.42. The number of halogens is 1. The van der Waals surface area contributed by atoms with E-state index in [1.165, 1.54) is 35.1 Å². The standard InChI is InChI=1S/C27H24ClN3O3S/c1-2-3-4-7-16-33-19-12-10-18(11-13-19)25-29-27-31(30-25)26(32)24(35-27)17-20-14-15-23(34-20)21-8-5-6-9-22(21)28/h5-6,8-15,17H,2-4,7,16H2,1H3. The Morgan fingerprint density at radius 1 is 1.06 bits per heavy atom. The molecule has 178 valence electrons. The summed E-state index contributed by atoms with van der Waals surface area (Å²) in [5, 5.41) is 5.04. The number of hydrogen-bond donors (Lipinski definition) is 0. The molecular weight excluding hydrogens is 482 g/mol. The van der Waals surface area contributed by atoms with Crippen LogP contribution in [0.5, 0.6) is 5.75 Å². The van der Waals surface area contributed by atoms with Gasteiger partial charge in [0.25, 0.3) is 5.56 Å². The minimum atomic E-state index is -0.230. The van der Waals surface area contributed by atoms with Gasteiger partial charge >= 0.3 is 0 Å². The summed E-state index contributed by atoms with van der Waals surface area (Å²) in [5.74, 6) is 2.53. The number of nitrogens with zero attached hydrogens (tertiary/aromatic N) is 3. The molecule has 2 aromatic carbocycles. The average molecular weight is 506 g/mol. The van der Waals surface area contributed by atoms with Crippen LogP contribution >= 0.6 is 22.9 Å². The van der Waals surface area contributed by atoms with Crippen molar-refractivity contribution in [2.45, 2.75) is 32.6 Å². The van der Waals surface area contributed by atoms with Gasteiger partial charge in [0.15, 0.2) is 5.82 Å². The Kier molecular flexibility index (Phi) is 6.97. The van der Waals surface area contributed by atoms with Gasteiger partial charge in [-0.15, -0.1) is 5.10 Å². The van der Waals surface area contributed by atoms with Crippen molar-refractivity contribution in [3.8, 4) is 28.5 Å². The minimum absolute atomic E-state index is 0.230. The summed E-state index contributed by atoms with van der Waals surface area (Å²) in [6, 6.07) is 18.8. The fourth-order valence-electron chi connectivity index (χ4n) is 3.74. The maximum absolute atomic E-state index is 12.9. The molecule has 5 aromatic rings. The smallest absolute Gasteiger partial charge is 0.291 e. The Morgan fingerprint density at radius 3 is 2.66 bits per heavy atom. The van der Waals surface area contributed by atoms with Crippen LogP contribution in [0.3, 0.4) is 0 Å². The van der Waals surface area contributed by atoms with Gasteiger partial charge in [-0.3, -0.25) is 4.79 Å². The molecule has 35 heavy (non-hydrogen) atoms. The SMILES string of the molecule is CCCCCCOc1ccc(-c2nc3sc(=Cc4ccc(-c5ccccc5Cl)o4)c(=O)n3n2)cc1. The largest absolute Gasteiger partial charge is 0.494 e. The molecule has 3 aromatic heterocycles. The molecule has 0 spiro atoms. The average Bonchev–Trinajstić information content (AvgIpc) is 3.57. The van der Waals surface area contributed by atoms with Crippen molar-refractivity contribution in [3.05, 3.63) is 86.3 Å². The molecule has 0 aliphatic heterocycles. The van der Waals surface area contributed by atoms with Crippen molar-refractivity contribution >= 4 is 34.0 Å². The minimum Gasteiger partial charge on any atom is -0.494 e. The predicted octanol–water partition coefficient (Wildman–Crippen LogP) is 6.24. The quantitative estimate of drug-likeness (QED) is 0.222. The highest BCUT2D eigenvalue weighted by atomic mass is 35.5. The zero-order valence-corrected chi connectivity index (χ0v) is 20.8. The Bertz CT molecular complexity index is 1550. The van der Waals surface area contributed by atoms with Crippen LogP contribution in [-0.4, -0.2) is 21.2 Å². The van der Waals surface area contributed by atoms with E-state index in [9.17, 15) is 4.79 Å². The van der Waals surface area contributed by atoms with E-state index in [0.717, 1.165) is 23.3 Å². The van der Waals surface area contributed by atoms with Crippen molar-refractivity contribution in [1.82, 2.24) is 14.6 Å². The highest BCUT2D eigenvalue weighted by Crippen LogP contribution is 2.29. The maximum Gasteiger partial charge on any atom is 0.291 e. The molecule has 3 heterocycles. The lowest BCUT2D eigenvalue weighted by molar-refractivity contribution is 0.305. The van der Waals surface area contributed by atoms with Gasteiger partial charge in [-0.1, -0.05) is 61.3 Å². The van der Waals surface area contributed by atoms with Gasteiger partial charge in [0.05, 0.1) is 11.6 Å². The molecule has 0 N–H and O–H groups in total. The second kappa shape index (κ2) is 10.5. The lowest BCUT2D eigenvalue weighted by atomic mass is 10.2. The van der Waals surface area contributed by atoms with Gasteiger partial charge in [0, 0.05) is 17.2 Å². The van der Waals surface area contributed by atoms with E-state index in [1.54, 1.807) is 6.08 Å². The predicted molar refractivity (Wildman–Crippen MR) is 140 cm³/mol. The summed E-state index contributed by atoms with van der Waals surface area (Å²) >= 11 is 7.53. The van der Waals surface area contributed by atoms with Crippen LogP contribution in [-0.2, 0) is 0 Å². The number of aromatic nitrogens is 3. The van der Waals surface area contributed by atoms with Gasteiger partial charge in [-0.2, -0.15) is 9.50 Å². The first-order valence-corrected chi connectivity index (χ1v) is 12.8. The van der Waals surface area contributed by atoms with Crippen LogP contribution in [0.2, 0.25) is 5.02 Å². The number of ether oxygens (including phenoxy) is 1. The summed E-state index contributed by atoms with van der Waals surface area (Å²) in [6.45, 7) is 2.91. The van der Waals surface area contributed by atoms with E-state index < -0.39 is 0 Å². The van der Waals surface area contributed by atoms with Crippen LogP contribution in [0.15, 0.2) is 69.9 Å². The number of furan rings is 1. The summed E-state index contributed by atoms with van der Waals surface area (Å²) in [7, 11) is 0. The summed E-state index contributed by atoms with van der Waals surface area (Å²) < 4.78 is 13.5. The molecule has 0 saturated heterocycles. The van der Waals surface area contributed by atoms with Gasteiger partial charge in [-0.25, -0.2) is 0 Å². The molecule has 0 unspecified atom stereocenters. The van der Waals surface area contributed by atoms with Crippen LogP contribution in [0.4, 0.5) is 0 Å². The fourth-order valence-corrected chi connectivity index (χ4v) is 4.86. The van der Waals surface area contributed by atoms with Gasteiger partial charge < -0.3 is 9.15 Å². The number of unbranched alkanes of at least 4 members (excludes halogenated alkanes) is 3. The van der Waals surface area contributed by atoms with E-state index in [2.05, 4.69) is 17.0 Å². The van der Waals surface area contributed by atoms with Crippen LogP contribution < -0.4 is 14.8 Å². The first-order chi connectivity index (χ1) is 17.1. The first-order valence-electron chi connectivity index (χ1n) is 11.6. The van der Waals surface area contributed by atoms with Gasteiger partial charge in [0.1, 0.15) is 21.8 Å². The zero-order chi connectivity index (χ0) is 24.2. The number of thiazole rings is 1. The second-order valence-electron chi connectivity index (χ2n) is 8.16. The molecular formula is C27H24ClN3O3S. The molecule has 0 saturated carbocycles. The molecule has 8 heteroatoms. The second-order valence-corrected chi connectivity index (χ2v) is 9.58. The maximum atomic E-state index is 12.9. The molecule has 0 radical (unpaired) electrons. The number of rotatable bonds is 9. The third-order valence-corrected chi connectivity index (χ3v) is 6.89. The highest BCUT2D eigenvalue weighted by Gasteiger charge is 2.13. The topological polar surface area (TPSA) is 69.6 Å². The van der Waals surface area contributed by atoms with E-state index in [0.29, 0.717) is 38.5 Å². The lowest BCUT2D eigenvalue weighted by Gasteiger charge is -2.06.